The quantitative estimate of drug-likeness (QED) is 0.842. The highest BCUT2D eigenvalue weighted by atomic mass is 19.2. The molecule has 4 rings (SSSR count). The lowest BCUT2D eigenvalue weighted by atomic mass is 9.98. The molecule has 9 heteroatoms. The van der Waals surface area contributed by atoms with E-state index in [4.69, 9.17) is 23.7 Å². The number of hydrogen-bond acceptors (Lipinski definition) is 6. The Labute approximate surface area is 154 Å². The van der Waals surface area contributed by atoms with Gasteiger partial charge in [-0.2, -0.15) is 0 Å². The smallest absolute Gasteiger partial charge is 0.256 e. The lowest BCUT2D eigenvalue weighted by molar-refractivity contribution is -0.229. The number of rotatable bonds is 2. The van der Waals surface area contributed by atoms with Crippen molar-refractivity contribution in [2.75, 3.05) is 5.32 Å². The van der Waals surface area contributed by atoms with Gasteiger partial charge in [0.2, 0.25) is 0 Å². The van der Waals surface area contributed by atoms with E-state index in [1.165, 1.54) is 6.07 Å². The van der Waals surface area contributed by atoms with Crippen molar-refractivity contribution < 1.29 is 37.3 Å². The van der Waals surface area contributed by atoms with E-state index in [2.05, 4.69) is 5.32 Å². The van der Waals surface area contributed by atoms with Crippen molar-refractivity contribution in [1.29, 1.82) is 0 Å². The predicted molar refractivity (Wildman–Crippen MR) is 87.5 cm³/mol. The number of benzene rings is 1. The molecule has 3 aliphatic heterocycles. The summed E-state index contributed by atoms with van der Waals surface area (Å²) >= 11 is 0. The van der Waals surface area contributed by atoms with Gasteiger partial charge in [0.15, 0.2) is 35.6 Å². The van der Waals surface area contributed by atoms with Crippen LogP contribution in [-0.2, 0) is 28.5 Å². The minimum atomic E-state index is -1.08. The van der Waals surface area contributed by atoms with Gasteiger partial charge in [-0.05, 0) is 39.8 Å². The number of amides is 1. The third-order valence-electron chi connectivity index (χ3n) is 4.60. The molecule has 0 saturated carbocycles. The zero-order chi connectivity index (χ0) is 19.6. The summed E-state index contributed by atoms with van der Waals surface area (Å²) in [6, 6.07) is 3.08. The van der Waals surface area contributed by atoms with Gasteiger partial charge in [-0.15, -0.1) is 0 Å². The van der Waals surface area contributed by atoms with E-state index in [1.807, 2.05) is 0 Å². The van der Waals surface area contributed by atoms with E-state index < -0.39 is 59.8 Å². The van der Waals surface area contributed by atoms with E-state index in [0.29, 0.717) is 0 Å². The summed E-state index contributed by atoms with van der Waals surface area (Å²) in [5.74, 6) is -4.49. The maximum Gasteiger partial charge on any atom is 0.256 e. The first-order valence-corrected chi connectivity index (χ1v) is 8.67. The molecule has 3 heterocycles. The molecule has 1 N–H and O–H groups in total. The van der Waals surface area contributed by atoms with Gasteiger partial charge in [-0.1, -0.05) is 0 Å². The average molecular weight is 385 g/mol. The Kier molecular flexibility index (Phi) is 4.28. The van der Waals surface area contributed by atoms with Gasteiger partial charge in [0.25, 0.3) is 5.91 Å². The van der Waals surface area contributed by atoms with Crippen LogP contribution in [0.1, 0.15) is 27.7 Å². The standard InChI is InChI=1S/C18H21F2NO6/c1-17(2)24-11-12(25-17)14-16(27-18(3,4)26-14)23-13(11)15(22)21-8-5-6-9(19)10(20)7-8/h5-7,11-14,16H,1-4H3,(H,21,22)/t11-,12+,13+,14+,16+/m1/s1. The van der Waals surface area contributed by atoms with Crippen molar-refractivity contribution in [1.82, 2.24) is 0 Å². The SMILES string of the molecule is CC1(C)O[C@@H]2O[C@H](C(=O)Nc3ccc(F)c(F)c3)[C@@H]3OC(C)(C)O[C@@H]3[C@@H]2O1. The first-order chi connectivity index (χ1) is 12.5. The molecular weight excluding hydrogens is 364 g/mol. The molecule has 0 aromatic heterocycles. The average Bonchev–Trinajstić information content (AvgIpc) is 3.04. The van der Waals surface area contributed by atoms with Crippen LogP contribution in [0.25, 0.3) is 0 Å². The summed E-state index contributed by atoms with van der Waals surface area (Å²) < 4.78 is 55.7. The fraction of sp³-hybridized carbons (Fsp3) is 0.611. The Bertz CT molecular complexity index is 770. The fourth-order valence-corrected chi connectivity index (χ4v) is 3.61. The normalized spacial score (nSPS) is 36.1. The van der Waals surface area contributed by atoms with Crippen LogP contribution in [0.2, 0.25) is 0 Å². The fourth-order valence-electron chi connectivity index (χ4n) is 3.61. The number of halogens is 2. The Morgan fingerprint density at radius 3 is 2.26 bits per heavy atom. The Morgan fingerprint density at radius 2 is 1.56 bits per heavy atom. The van der Waals surface area contributed by atoms with Crippen molar-refractivity contribution in [2.45, 2.75) is 70.0 Å². The van der Waals surface area contributed by atoms with Gasteiger partial charge in [-0.25, -0.2) is 8.78 Å². The number of carbonyl (C=O) groups is 1. The molecule has 0 bridgehead atoms. The van der Waals surface area contributed by atoms with E-state index in [-0.39, 0.29) is 5.69 Å². The molecule has 0 radical (unpaired) electrons. The molecule has 3 saturated heterocycles. The topological polar surface area (TPSA) is 75.3 Å². The van der Waals surface area contributed by atoms with Crippen LogP contribution in [0.3, 0.4) is 0 Å². The van der Waals surface area contributed by atoms with Crippen LogP contribution in [0, 0.1) is 11.6 Å². The summed E-state index contributed by atoms with van der Waals surface area (Å²) in [6.45, 7) is 6.93. The van der Waals surface area contributed by atoms with Crippen LogP contribution in [0.15, 0.2) is 18.2 Å². The summed E-state index contributed by atoms with van der Waals surface area (Å²) in [5.41, 5.74) is 0.100. The highest BCUT2D eigenvalue weighted by Gasteiger charge is 2.62. The third-order valence-corrected chi connectivity index (χ3v) is 4.60. The maximum absolute atomic E-state index is 13.4. The largest absolute Gasteiger partial charge is 0.342 e. The van der Waals surface area contributed by atoms with Gasteiger partial charge in [-0.3, -0.25) is 4.79 Å². The van der Waals surface area contributed by atoms with Crippen molar-refractivity contribution in [3.05, 3.63) is 29.8 Å². The highest BCUT2D eigenvalue weighted by molar-refractivity contribution is 5.94. The second-order valence-corrected chi connectivity index (χ2v) is 7.71. The van der Waals surface area contributed by atoms with Gasteiger partial charge in [0.1, 0.15) is 18.3 Å². The molecule has 0 spiro atoms. The third kappa shape index (κ3) is 3.45. The molecule has 148 valence electrons. The van der Waals surface area contributed by atoms with Crippen LogP contribution in [-0.4, -0.2) is 48.2 Å². The van der Waals surface area contributed by atoms with Crippen molar-refractivity contribution in [2.24, 2.45) is 0 Å². The summed E-state index contributed by atoms with van der Waals surface area (Å²) in [5, 5.41) is 2.52. The number of hydrogen-bond donors (Lipinski definition) is 1. The van der Waals surface area contributed by atoms with Crippen LogP contribution in [0.5, 0.6) is 0 Å². The van der Waals surface area contributed by atoms with E-state index in [9.17, 15) is 13.6 Å². The minimum Gasteiger partial charge on any atom is -0.342 e. The highest BCUT2D eigenvalue weighted by Crippen LogP contribution is 2.44. The number of fused-ring (bicyclic) bond motifs is 3. The Morgan fingerprint density at radius 1 is 0.926 bits per heavy atom. The number of carbonyl (C=O) groups excluding carboxylic acids is 1. The lowest BCUT2D eigenvalue weighted by Crippen LogP contribution is -2.58. The molecule has 0 aliphatic carbocycles. The van der Waals surface area contributed by atoms with E-state index >= 15 is 0 Å². The van der Waals surface area contributed by atoms with Crippen LogP contribution in [0.4, 0.5) is 14.5 Å². The van der Waals surface area contributed by atoms with Crippen molar-refractivity contribution in [3.8, 4) is 0 Å². The summed E-state index contributed by atoms with van der Waals surface area (Å²) in [4.78, 5) is 12.8. The number of anilines is 1. The second kappa shape index (κ2) is 6.18. The maximum atomic E-state index is 13.4. The zero-order valence-corrected chi connectivity index (χ0v) is 15.3. The molecule has 27 heavy (non-hydrogen) atoms. The zero-order valence-electron chi connectivity index (χ0n) is 15.3. The van der Waals surface area contributed by atoms with E-state index in [0.717, 1.165) is 12.1 Å². The number of ether oxygens (including phenoxy) is 5. The first-order valence-electron chi connectivity index (χ1n) is 8.67. The molecule has 7 nitrogen and oxygen atoms in total. The van der Waals surface area contributed by atoms with Crippen LogP contribution < -0.4 is 5.32 Å². The minimum absolute atomic E-state index is 0.100. The van der Waals surface area contributed by atoms with E-state index in [1.54, 1.807) is 27.7 Å². The molecule has 5 atom stereocenters. The second-order valence-electron chi connectivity index (χ2n) is 7.71. The molecule has 0 unspecified atom stereocenters. The van der Waals surface area contributed by atoms with Crippen molar-refractivity contribution >= 4 is 11.6 Å². The Hall–Kier alpha value is -1.65. The molecule has 3 aliphatic rings. The Balaban J connectivity index is 1.57. The molecule has 3 fully saturated rings. The first kappa shape index (κ1) is 18.7. The number of nitrogens with one attached hydrogen (secondary N) is 1. The summed E-state index contributed by atoms with van der Waals surface area (Å²) in [6.07, 6.45) is -3.78. The molecular formula is C18H21F2NO6. The van der Waals surface area contributed by atoms with Gasteiger partial charge in [0.05, 0.1) is 0 Å². The predicted octanol–water partition coefficient (Wildman–Crippen LogP) is 2.30. The monoisotopic (exact) mass is 385 g/mol. The van der Waals surface area contributed by atoms with Crippen LogP contribution >= 0.6 is 0 Å². The van der Waals surface area contributed by atoms with Gasteiger partial charge in [0, 0.05) is 11.8 Å². The van der Waals surface area contributed by atoms with Crippen molar-refractivity contribution in [3.63, 3.8) is 0 Å². The van der Waals surface area contributed by atoms with Gasteiger partial charge >= 0.3 is 0 Å². The summed E-state index contributed by atoms with van der Waals surface area (Å²) in [7, 11) is 0. The lowest BCUT2D eigenvalue weighted by Gasteiger charge is -2.36. The van der Waals surface area contributed by atoms with Gasteiger partial charge < -0.3 is 29.0 Å². The molecule has 1 aromatic carbocycles. The molecule has 1 aromatic rings. The molecule has 1 amide bonds.